The van der Waals surface area contributed by atoms with Crippen molar-refractivity contribution in [3.8, 4) is 11.5 Å². The van der Waals surface area contributed by atoms with E-state index in [4.69, 9.17) is 9.26 Å². The van der Waals surface area contributed by atoms with Crippen molar-refractivity contribution in [1.82, 2.24) is 14.4 Å². The van der Waals surface area contributed by atoms with Gasteiger partial charge in [0.25, 0.3) is 5.91 Å². The van der Waals surface area contributed by atoms with Gasteiger partial charge in [-0.3, -0.25) is 4.79 Å². The Morgan fingerprint density at radius 2 is 1.55 bits per heavy atom. The molecule has 0 radical (unpaired) electrons. The molecule has 0 bridgehead atoms. The average molecular weight is 442 g/mol. The number of sulfonamides is 1. The van der Waals surface area contributed by atoms with Crippen molar-refractivity contribution in [2.24, 2.45) is 0 Å². The molecule has 0 spiro atoms. The Balaban J connectivity index is 1.39. The first-order valence-corrected chi connectivity index (χ1v) is 11.4. The number of para-hydroxylation sites is 1. The van der Waals surface area contributed by atoms with Crippen LogP contribution in [0.15, 0.2) is 64.0 Å². The highest BCUT2D eigenvalue weighted by atomic mass is 32.2. The zero-order valence-electron chi connectivity index (χ0n) is 17.3. The zero-order chi connectivity index (χ0) is 22.0. The van der Waals surface area contributed by atoms with E-state index in [-0.39, 0.29) is 29.7 Å². The molecule has 1 amide bonds. The molecular weight excluding hydrogens is 418 g/mol. The van der Waals surface area contributed by atoms with Gasteiger partial charge in [0.1, 0.15) is 22.1 Å². The van der Waals surface area contributed by atoms with Gasteiger partial charge in [0.2, 0.25) is 10.0 Å². The smallest absolute Gasteiger partial charge is 0.253 e. The molecule has 0 N–H and O–H groups in total. The second-order valence-electron chi connectivity index (χ2n) is 7.29. The molecule has 1 aliphatic heterocycles. The van der Waals surface area contributed by atoms with Crippen LogP contribution in [0.4, 0.5) is 0 Å². The fraction of sp³-hybridized carbons (Fsp3) is 0.273. The molecule has 0 unspecified atom stereocenters. The molecule has 3 aromatic rings. The van der Waals surface area contributed by atoms with E-state index in [1.54, 1.807) is 43.0 Å². The van der Waals surface area contributed by atoms with E-state index in [1.165, 1.54) is 4.31 Å². The van der Waals surface area contributed by atoms with Gasteiger partial charge in [-0.05, 0) is 50.2 Å². The minimum absolute atomic E-state index is 0.112. The maximum Gasteiger partial charge on any atom is 0.253 e. The number of hydrogen-bond acceptors (Lipinski definition) is 6. The van der Waals surface area contributed by atoms with Crippen molar-refractivity contribution in [3.63, 3.8) is 0 Å². The Morgan fingerprint density at radius 3 is 2.13 bits per heavy atom. The number of ether oxygens (including phenoxy) is 1. The van der Waals surface area contributed by atoms with Crippen LogP contribution < -0.4 is 4.74 Å². The van der Waals surface area contributed by atoms with Crippen molar-refractivity contribution >= 4 is 15.9 Å². The van der Waals surface area contributed by atoms with Gasteiger partial charge < -0.3 is 14.2 Å². The van der Waals surface area contributed by atoms with Crippen LogP contribution in [0.5, 0.6) is 11.5 Å². The lowest BCUT2D eigenvalue weighted by Crippen LogP contribution is -2.50. The Kier molecular flexibility index (Phi) is 5.79. The van der Waals surface area contributed by atoms with Crippen LogP contribution in [0.2, 0.25) is 0 Å². The number of amides is 1. The second kappa shape index (κ2) is 8.52. The Morgan fingerprint density at radius 1 is 0.935 bits per heavy atom. The lowest BCUT2D eigenvalue weighted by atomic mass is 10.2. The normalized spacial score (nSPS) is 15.1. The molecule has 4 rings (SSSR count). The number of benzene rings is 2. The van der Waals surface area contributed by atoms with Crippen molar-refractivity contribution in [2.45, 2.75) is 18.7 Å². The third kappa shape index (κ3) is 4.33. The molecule has 2 heterocycles. The van der Waals surface area contributed by atoms with Gasteiger partial charge in [0, 0.05) is 31.7 Å². The molecule has 0 saturated carbocycles. The third-order valence-electron chi connectivity index (χ3n) is 5.17. The highest BCUT2D eigenvalue weighted by molar-refractivity contribution is 7.89. The van der Waals surface area contributed by atoms with Gasteiger partial charge in [-0.2, -0.15) is 4.31 Å². The quantitative estimate of drug-likeness (QED) is 0.604. The summed E-state index contributed by atoms with van der Waals surface area (Å²) in [6.07, 6.45) is 0. The summed E-state index contributed by atoms with van der Waals surface area (Å²) in [4.78, 5) is 14.6. The van der Waals surface area contributed by atoms with E-state index in [0.717, 1.165) is 5.75 Å². The van der Waals surface area contributed by atoms with Crippen molar-refractivity contribution < 1.29 is 22.5 Å². The molecule has 1 fully saturated rings. The average Bonchev–Trinajstić information content (AvgIpc) is 3.13. The lowest BCUT2D eigenvalue weighted by Gasteiger charge is -2.34. The Labute approximate surface area is 181 Å². The number of aryl methyl sites for hydroxylation is 2. The van der Waals surface area contributed by atoms with Crippen LogP contribution in [-0.2, 0) is 10.0 Å². The van der Waals surface area contributed by atoms with E-state index in [1.807, 2.05) is 30.3 Å². The number of carbonyl (C=O) groups excluding carboxylic acids is 1. The van der Waals surface area contributed by atoms with E-state index >= 15 is 0 Å². The van der Waals surface area contributed by atoms with Crippen LogP contribution in [0.25, 0.3) is 0 Å². The molecule has 1 saturated heterocycles. The van der Waals surface area contributed by atoms with Crippen LogP contribution in [0.1, 0.15) is 21.8 Å². The van der Waals surface area contributed by atoms with Crippen LogP contribution >= 0.6 is 0 Å². The van der Waals surface area contributed by atoms with E-state index in [0.29, 0.717) is 30.1 Å². The molecule has 0 aliphatic carbocycles. The van der Waals surface area contributed by atoms with E-state index in [2.05, 4.69) is 5.16 Å². The van der Waals surface area contributed by atoms with Gasteiger partial charge in [-0.1, -0.05) is 23.4 Å². The summed E-state index contributed by atoms with van der Waals surface area (Å²) in [6.45, 7) is 4.24. The third-order valence-corrected chi connectivity index (χ3v) is 7.32. The fourth-order valence-electron chi connectivity index (χ4n) is 3.58. The topological polar surface area (TPSA) is 93.0 Å². The molecule has 9 heteroatoms. The molecule has 162 valence electrons. The highest BCUT2D eigenvalue weighted by Gasteiger charge is 2.34. The molecule has 2 aromatic carbocycles. The first-order chi connectivity index (χ1) is 14.9. The summed E-state index contributed by atoms with van der Waals surface area (Å²) in [6, 6.07) is 16.3. The summed E-state index contributed by atoms with van der Waals surface area (Å²) in [5.41, 5.74) is 0.872. The molecule has 0 atom stereocenters. The van der Waals surface area contributed by atoms with E-state index < -0.39 is 10.0 Å². The molecule has 1 aromatic heterocycles. The van der Waals surface area contributed by atoms with Gasteiger partial charge in [0.15, 0.2) is 5.76 Å². The minimum atomic E-state index is -3.71. The first kappa shape index (κ1) is 21.1. The van der Waals surface area contributed by atoms with Crippen molar-refractivity contribution in [1.29, 1.82) is 0 Å². The number of aromatic nitrogens is 1. The van der Waals surface area contributed by atoms with Crippen LogP contribution in [0.3, 0.4) is 0 Å². The highest BCUT2D eigenvalue weighted by Crippen LogP contribution is 2.25. The monoisotopic (exact) mass is 441 g/mol. The minimum Gasteiger partial charge on any atom is -0.457 e. The lowest BCUT2D eigenvalue weighted by molar-refractivity contribution is 0.0697. The Bertz CT molecular complexity index is 1150. The SMILES string of the molecule is Cc1noc(C)c1S(=O)(=O)N1CCN(C(=O)c2ccc(Oc3ccccc3)cc2)CC1. The predicted molar refractivity (Wildman–Crippen MR) is 114 cm³/mol. The van der Waals surface area contributed by atoms with Gasteiger partial charge in [0.05, 0.1) is 0 Å². The van der Waals surface area contributed by atoms with Crippen LogP contribution in [0, 0.1) is 13.8 Å². The number of nitrogens with zero attached hydrogens (tertiary/aromatic N) is 3. The standard InChI is InChI=1S/C22H23N3O5S/c1-16-21(17(2)30-23-16)31(27,28)25-14-12-24(13-15-25)22(26)18-8-10-20(11-9-18)29-19-6-4-3-5-7-19/h3-11H,12-15H2,1-2H3. The molecular formula is C22H23N3O5S. The maximum absolute atomic E-state index is 12.9. The van der Waals surface area contributed by atoms with Crippen LogP contribution in [-0.4, -0.2) is 54.9 Å². The van der Waals surface area contributed by atoms with Gasteiger partial charge in [-0.25, -0.2) is 8.42 Å². The number of piperazine rings is 1. The molecule has 8 nitrogen and oxygen atoms in total. The van der Waals surface area contributed by atoms with Gasteiger partial charge in [-0.15, -0.1) is 0 Å². The second-order valence-corrected chi connectivity index (χ2v) is 9.16. The predicted octanol–water partition coefficient (Wildman–Crippen LogP) is 3.23. The fourth-order valence-corrected chi connectivity index (χ4v) is 5.29. The summed E-state index contributed by atoms with van der Waals surface area (Å²) in [7, 11) is -3.71. The summed E-state index contributed by atoms with van der Waals surface area (Å²) >= 11 is 0. The summed E-state index contributed by atoms with van der Waals surface area (Å²) in [5.74, 6) is 1.49. The summed E-state index contributed by atoms with van der Waals surface area (Å²) in [5, 5.41) is 3.74. The number of rotatable bonds is 5. The van der Waals surface area contributed by atoms with E-state index in [9.17, 15) is 13.2 Å². The summed E-state index contributed by atoms with van der Waals surface area (Å²) < 4.78 is 38.0. The van der Waals surface area contributed by atoms with Gasteiger partial charge >= 0.3 is 0 Å². The number of carbonyl (C=O) groups is 1. The Hall–Kier alpha value is -3.17. The molecule has 1 aliphatic rings. The number of hydrogen-bond donors (Lipinski definition) is 0. The maximum atomic E-state index is 12.9. The van der Waals surface area contributed by atoms with Crippen molar-refractivity contribution in [2.75, 3.05) is 26.2 Å². The molecule has 31 heavy (non-hydrogen) atoms. The van der Waals surface area contributed by atoms with Crippen molar-refractivity contribution in [3.05, 3.63) is 71.6 Å². The zero-order valence-corrected chi connectivity index (χ0v) is 18.1. The first-order valence-electron chi connectivity index (χ1n) is 9.91. The largest absolute Gasteiger partial charge is 0.457 e.